The highest BCUT2D eigenvalue weighted by Crippen LogP contribution is 2.17. The molecule has 0 aliphatic heterocycles. The Balaban J connectivity index is 1.56. The van der Waals surface area contributed by atoms with Gasteiger partial charge in [0, 0.05) is 18.5 Å². The SMILES string of the molecule is O=C(NCC(O)Cc1ccccc1)c1cc(-c2ccc(F)cc2)n[nH]1. The van der Waals surface area contributed by atoms with Gasteiger partial charge < -0.3 is 10.4 Å². The quantitative estimate of drug-likeness (QED) is 0.646. The van der Waals surface area contributed by atoms with Crippen molar-refractivity contribution in [1.29, 1.82) is 0 Å². The maximum atomic E-state index is 13.0. The highest BCUT2D eigenvalue weighted by Gasteiger charge is 2.13. The normalized spacial score (nSPS) is 11.9. The van der Waals surface area contributed by atoms with Crippen molar-refractivity contribution in [1.82, 2.24) is 15.5 Å². The van der Waals surface area contributed by atoms with Crippen molar-refractivity contribution in [2.45, 2.75) is 12.5 Å². The van der Waals surface area contributed by atoms with Crippen molar-refractivity contribution >= 4 is 5.91 Å². The van der Waals surface area contributed by atoms with E-state index < -0.39 is 6.10 Å². The fourth-order valence-electron chi connectivity index (χ4n) is 2.47. The average Bonchev–Trinajstić information content (AvgIpc) is 3.11. The van der Waals surface area contributed by atoms with Crippen molar-refractivity contribution in [3.05, 3.63) is 77.7 Å². The number of hydrogen-bond acceptors (Lipinski definition) is 3. The third-order valence-electron chi connectivity index (χ3n) is 3.77. The molecule has 1 atom stereocenters. The number of amides is 1. The number of aromatic amines is 1. The number of nitrogens with one attached hydrogen (secondary N) is 2. The van der Waals surface area contributed by atoms with Gasteiger partial charge >= 0.3 is 0 Å². The Morgan fingerprint density at radius 1 is 1.16 bits per heavy atom. The van der Waals surface area contributed by atoms with Crippen LogP contribution in [0.1, 0.15) is 16.1 Å². The lowest BCUT2D eigenvalue weighted by Crippen LogP contribution is -2.33. The Morgan fingerprint density at radius 3 is 2.60 bits per heavy atom. The van der Waals surface area contributed by atoms with E-state index in [4.69, 9.17) is 0 Å². The van der Waals surface area contributed by atoms with Gasteiger partial charge in [0.2, 0.25) is 0 Å². The summed E-state index contributed by atoms with van der Waals surface area (Å²) < 4.78 is 13.0. The molecule has 0 radical (unpaired) electrons. The molecule has 5 nitrogen and oxygen atoms in total. The minimum Gasteiger partial charge on any atom is -0.391 e. The van der Waals surface area contributed by atoms with Gasteiger partial charge in [0.25, 0.3) is 5.91 Å². The lowest BCUT2D eigenvalue weighted by molar-refractivity contribution is 0.0911. The fourth-order valence-corrected chi connectivity index (χ4v) is 2.47. The molecule has 0 aliphatic carbocycles. The van der Waals surface area contributed by atoms with Crippen LogP contribution in [0.3, 0.4) is 0 Å². The molecule has 1 aromatic heterocycles. The Hall–Kier alpha value is -2.99. The molecule has 0 fully saturated rings. The summed E-state index contributed by atoms with van der Waals surface area (Å²) in [6.07, 6.45) is -0.212. The van der Waals surface area contributed by atoms with Gasteiger partial charge in [0.05, 0.1) is 11.8 Å². The van der Waals surface area contributed by atoms with E-state index in [-0.39, 0.29) is 24.0 Å². The maximum absolute atomic E-state index is 13.0. The molecular weight excluding hydrogens is 321 g/mol. The van der Waals surface area contributed by atoms with Crippen molar-refractivity contribution < 1.29 is 14.3 Å². The summed E-state index contributed by atoms with van der Waals surface area (Å²) in [6.45, 7) is 0.138. The first-order chi connectivity index (χ1) is 12.1. The second-order valence-electron chi connectivity index (χ2n) is 5.73. The van der Waals surface area contributed by atoms with E-state index in [1.54, 1.807) is 18.2 Å². The van der Waals surface area contributed by atoms with Crippen molar-refractivity contribution in [3.63, 3.8) is 0 Å². The molecule has 0 bridgehead atoms. The lowest BCUT2D eigenvalue weighted by Gasteiger charge is -2.11. The summed E-state index contributed by atoms with van der Waals surface area (Å²) >= 11 is 0. The number of rotatable bonds is 6. The van der Waals surface area contributed by atoms with Crippen molar-refractivity contribution in [3.8, 4) is 11.3 Å². The molecule has 128 valence electrons. The number of aliphatic hydroxyl groups is 1. The first-order valence-corrected chi connectivity index (χ1v) is 7.93. The Bertz CT molecular complexity index is 831. The number of benzene rings is 2. The van der Waals surface area contributed by atoms with Crippen molar-refractivity contribution in [2.75, 3.05) is 6.54 Å². The van der Waals surface area contributed by atoms with Gasteiger partial charge in [-0.1, -0.05) is 30.3 Å². The van der Waals surface area contributed by atoms with E-state index in [1.807, 2.05) is 30.3 Å². The number of nitrogens with zero attached hydrogens (tertiary/aromatic N) is 1. The topological polar surface area (TPSA) is 78.0 Å². The van der Waals surface area contributed by atoms with Crippen LogP contribution in [0, 0.1) is 5.82 Å². The molecule has 0 saturated heterocycles. The van der Waals surface area contributed by atoms with E-state index >= 15 is 0 Å². The van der Waals surface area contributed by atoms with E-state index in [9.17, 15) is 14.3 Å². The third kappa shape index (κ3) is 4.51. The van der Waals surface area contributed by atoms with Crippen LogP contribution in [0.25, 0.3) is 11.3 Å². The van der Waals surface area contributed by atoms with E-state index in [0.29, 0.717) is 17.7 Å². The number of aromatic nitrogens is 2. The number of halogens is 1. The Kier molecular flexibility index (Phi) is 5.20. The Labute approximate surface area is 144 Å². The number of carbonyl (C=O) groups is 1. The van der Waals surface area contributed by atoms with Gasteiger partial charge in [-0.05, 0) is 35.9 Å². The molecule has 0 aliphatic rings. The molecule has 2 aromatic carbocycles. The number of aliphatic hydroxyl groups excluding tert-OH is 1. The molecular formula is C19H18FN3O2. The number of H-pyrrole nitrogens is 1. The minimum absolute atomic E-state index is 0.138. The molecule has 25 heavy (non-hydrogen) atoms. The van der Waals surface area contributed by atoms with Crippen LogP contribution in [0.5, 0.6) is 0 Å². The monoisotopic (exact) mass is 339 g/mol. The van der Waals surface area contributed by atoms with Crippen LogP contribution >= 0.6 is 0 Å². The minimum atomic E-state index is -0.675. The van der Waals surface area contributed by atoms with Gasteiger partial charge in [0.15, 0.2) is 0 Å². The molecule has 1 unspecified atom stereocenters. The van der Waals surface area contributed by atoms with Crippen LogP contribution in [0.15, 0.2) is 60.7 Å². The molecule has 3 aromatic rings. The molecule has 3 rings (SSSR count). The van der Waals surface area contributed by atoms with Crippen molar-refractivity contribution in [2.24, 2.45) is 0 Å². The smallest absolute Gasteiger partial charge is 0.269 e. The lowest BCUT2D eigenvalue weighted by atomic mass is 10.1. The van der Waals surface area contributed by atoms with E-state index in [0.717, 1.165) is 5.56 Å². The van der Waals surface area contributed by atoms with Crippen LogP contribution in [0.4, 0.5) is 4.39 Å². The maximum Gasteiger partial charge on any atom is 0.269 e. The molecule has 0 spiro atoms. The molecule has 6 heteroatoms. The molecule has 1 amide bonds. The number of carbonyl (C=O) groups excluding carboxylic acids is 1. The number of hydrogen-bond donors (Lipinski definition) is 3. The van der Waals surface area contributed by atoms with Gasteiger partial charge in [0.1, 0.15) is 11.5 Å². The summed E-state index contributed by atoms with van der Waals surface area (Å²) in [5.41, 5.74) is 2.55. The Morgan fingerprint density at radius 2 is 1.88 bits per heavy atom. The summed E-state index contributed by atoms with van der Waals surface area (Å²) in [4.78, 5) is 12.1. The zero-order chi connectivity index (χ0) is 17.6. The van der Waals surface area contributed by atoms with Gasteiger partial charge in [-0.25, -0.2) is 4.39 Å². The first kappa shape index (κ1) is 16.9. The van der Waals surface area contributed by atoms with E-state index in [1.165, 1.54) is 12.1 Å². The van der Waals surface area contributed by atoms with Crippen LogP contribution in [0.2, 0.25) is 0 Å². The summed E-state index contributed by atoms with van der Waals surface area (Å²) in [7, 11) is 0. The summed E-state index contributed by atoms with van der Waals surface area (Å²) in [6, 6.07) is 17.0. The standard InChI is InChI=1S/C19H18FN3O2/c20-15-8-6-14(7-9-15)17-11-18(23-22-17)19(25)21-12-16(24)10-13-4-2-1-3-5-13/h1-9,11,16,24H,10,12H2,(H,21,25)(H,22,23). The van der Waals surface area contributed by atoms with Gasteiger partial charge in [-0.15, -0.1) is 0 Å². The molecule has 3 N–H and O–H groups in total. The zero-order valence-electron chi connectivity index (χ0n) is 13.4. The van der Waals surface area contributed by atoms with Gasteiger partial charge in [-0.2, -0.15) is 5.10 Å². The molecule has 0 saturated carbocycles. The summed E-state index contributed by atoms with van der Waals surface area (Å²) in [5, 5.41) is 19.4. The second-order valence-corrected chi connectivity index (χ2v) is 5.73. The zero-order valence-corrected chi connectivity index (χ0v) is 13.4. The average molecular weight is 339 g/mol. The highest BCUT2D eigenvalue weighted by atomic mass is 19.1. The fraction of sp³-hybridized carbons (Fsp3) is 0.158. The second kappa shape index (κ2) is 7.72. The van der Waals surface area contributed by atoms with E-state index in [2.05, 4.69) is 15.5 Å². The van der Waals surface area contributed by atoms with Crippen LogP contribution in [-0.2, 0) is 6.42 Å². The van der Waals surface area contributed by atoms with Gasteiger partial charge in [-0.3, -0.25) is 9.89 Å². The summed E-state index contributed by atoms with van der Waals surface area (Å²) in [5.74, 6) is -0.683. The highest BCUT2D eigenvalue weighted by molar-refractivity contribution is 5.93. The predicted octanol–water partition coefficient (Wildman–Crippen LogP) is 2.55. The largest absolute Gasteiger partial charge is 0.391 e. The predicted molar refractivity (Wildman–Crippen MR) is 92.5 cm³/mol. The first-order valence-electron chi connectivity index (χ1n) is 7.93. The third-order valence-corrected chi connectivity index (χ3v) is 3.77. The van der Waals surface area contributed by atoms with Crippen LogP contribution < -0.4 is 5.32 Å². The molecule has 1 heterocycles. The van der Waals surface area contributed by atoms with Crippen LogP contribution in [-0.4, -0.2) is 33.9 Å².